The van der Waals surface area contributed by atoms with Crippen molar-refractivity contribution in [1.82, 2.24) is 15.5 Å². The zero-order valence-electron chi connectivity index (χ0n) is 18.9. The van der Waals surface area contributed by atoms with E-state index in [1.54, 1.807) is 39.8 Å². The van der Waals surface area contributed by atoms with Crippen LogP contribution >= 0.6 is 0 Å². The van der Waals surface area contributed by atoms with Gasteiger partial charge < -0.3 is 20.5 Å². The third-order valence-corrected chi connectivity index (χ3v) is 4.34. The van der Waals surface area contributed by atoms with Crippen molar-refractivity contribution < 1.29 is 24.2 Å². The Bertz CT molecular complexity index is 823. The number of nitrogens with zero attached hydrogens (tertiary/aromatic N) is 1. The summed E-state index contributed by atoms with van der Waals surface area (Å²) >= 11 is 0. The molecule has 0 spiro atoms. The van der Waals surface area contributed by atoms with Gasteiger partial charge in [0.15, 0.2) is 6.04 Å². The monoisotopic (exact) mass is 431 g/mol. The highest BCUT2D eigenvalue weighted by Gasteiger charge is 2.33. The van der Waals surface area contributed by atoms with Gasteiger partial charge in [-0.3, -0.25) is 14.5 Å². The number of alkyl carbamates (subject to hydrolysis) is 1. The van der Waals surface area contributed by atoms with Gasteiger partial charge in [-0.05, 0) is 39.7 Å². The van der Waals surface area contributed by atoms with Crippen LogP contribution in [0, 0.1) is 19.4 Å². The van der Waals surface area contributed by atoms with Crippen LogP contribution in [0.25, 0.3) is 0 Å². The summed E-state index contributed by atoms with van der Waals surface area (Å²) in [5.74, 6) is -1.33. The lowest BCUT2D eigenvalue weighted by atomic mass is 10.0. The first-order chi connectivity index (χ1) is 14.5. The molecule has 8 heteroatoms. The number of unbranched alkanes of at least 4 members (excludes halogenated alkanes) is 2. The van der Waals surface area contributed by atoms with Crippen LogP contribution in [0.1, 0.15) is 64.1 Å². The number of rotatable bonds is 9. The number of nitrogens with one attached hydrogen (secondary N) is 2. The van der Waals surface area contributed by atoms with E-state index in [4.69, 9.17) is 11.2 Å². The number of carbonyl (C=O) groups excluding carboxylic acids is 3. The lowest BCUT2D eigenvalue weighted by molar-refractivity contribution is -0.136. The van der Waals surface area contributed by atoms with E-state index in [2.05, 4.69) is 16.7 Å². The SMILES string of the molecule is C#CN(C(=O)CNC(=O)OC(C)(C)C)C(C(=O)NCCCCC)c1cccc(C)c1O. The van der Waals surface area contributed by atoms with Gasteiger partial charge in [-0.25, -0.2) is 4.79 Å². The molecule has 0 aliphatic carbocycles. The molecule has 0 aliphatic rings. The lowest BCUT2D eigenvalue weighted by Gasteiger charge is -2.27. The van der Waals surface area contributed by atoms with Gasteiger partial charge >= 0.3 is 6.09 Å². The Hall–Kier alpha value is -3.21. The van der Waals surface area contributed by atoms with Crippen molar-refractivity contribution in [2.75, 3.05) is 13.1 Å². The van der Waals surface area contributed by atoms with Gasteiger partial charge in [-0.2, -0.15) is 0 Å². The third kappa shape index (κ3) is 8.21. The minimum absolute atomic E-state index is 0.121. The van der Waals surface area contributed by atoms with Crippen LogP contribution in [0.2, 0.25) is 0 Å². The molecular formula is C23H33N3O5. The van der Waals surface area contributed by atoms with Crippen molar-refractivity contribution in [2.24, 2.45) is 0 Å². The average Bonchev–Trinajstić information content (AvgIpc) is 2.68. The maximum absolute atomic E-state index is 13.0. The summed E-state index contributed by atoms with van der Waals surface area (Å²) in [5, 5.41) is 15.6. The molecule has 0 saturated heterocycles. The van der Waals surface area contributed by atoms with E-state index in [1.807, 2.05) is 6.92 Å². The number of aromatic hydroxyl groups is 1. The number of aryl methyl sites for hydroxylation is 1. The smallest absolute Gasteiger partial charge is 0.408 e. The van der Waals surface area contributed by atoms with Crippen LogP contribution in [-0.4, -0.2) is 46.6 Å². The van der Waals surface area contributed by atoms with E-state index in [-0.39, 0.29) is 11.3 Å². The molecule has 1 atom stereocenters. The van der Waals surface area contributed by atoms with Crippen molar-refractivity contribution in [3.05, 3.63) is 29.3 Å². The molecule has 31 heavy (non-hydrogen) atoms. The number of terminal acetylenes is 1. The van der Waals surface area contributed by atoms with E-state index in [0.29, 0.717) is 12.1 Å². The van der Waals surface area contributed by atoms with Crippen LogP contribution in [0.3, 0.4) is 0 Å². The molecule has 8 nitrogen and oxygen atoms in total. The molecular weight excluding hydrogens is 398 g/mol. The van der Waals surface area contributed by atoms with Gasteiger partial charge in [0.2, 0.25) is 5.91 Å². The standard InChI is InChI=1S/C23H33N3O5/c1-7-9-10-14-24-21(29)19(17-13-11-12-16(3)20(17)28)26(8-2)18(27)15-25-22(30)31-23(4,5)6/h2,11-13,19,28H,7,9-10,14-15H2,1,3-6H3,(H,24,29)(H,25,30). The number of amides is 3. The number of para-hydroxylation sites is 1. The van der Waals surface area contributed by atoms with Crippen molar-refractivity contribution in [3.63, 3.8) is 0 Å². The Labute approximate surface area is 184 Å². The maximum atomic E-state index is 13.0. The Kier molecular flexibility index (Phi) is 9.87. The molecule has 1 unspecified atom stereocenters. The predicted octanol–water partition coefficient (Wildman–Crippen LogP) is 2.99. The fourth-order valence-corrected chi connectivity index (χ4v) is 2.82. The van der Waals surface area contributed by atoms with Crippen LogP contribution in [0.4, 0.5) is 4.79 Å². The molecule has 0 radical (unpaired) electrons. The van der Waals surface area contributed by atoms with Crippen LogP contribution in [-0.2, 0) is 14.3 Å². The number of phenols is 1. The fraction of sp³-hybridized carbons (Fsp3) is 0.522. The zero-order chi connectivity index (χ0) is 23.6. The molecule has 0 aliphatic heterocycles. The molecule has 170 valence electrons. The highest BCUT2D eigenvalue weighted by atomic mass is 16.6. The topological polar surface area (TPSA) is 108 Å². The summed E-state index contributed by atoms with van der Waals surface area (Å²) in [5.41, 5.74) is 0.0156. The lowest BCUT2D eigenvalue weighted by Crippen LogP contribution is -2.46. The second-order valence-electron chi connectivity index (χ2n) is 8.16. The number of hydrogen-bond acceptors (Lipinski definition) is 5. The highest BCUT2D eigenvalue weighted by Crippen LogP contribution is 2.31. The van der Waals surface area contributed by atoms with Gasteiger partial charge in [-0.15, -0.1) is 0 Å². The third-order valence-electron chi connectivity index (χ3n) is 4.34. The van der Waals surface area contributed by atoms with Crippen LogP contribution in [0.5, 0.6) is 5.75 Å². The number of carbonyl (C=O) groups is 3. The molecule has 1 rings (SSSR count). The molecule has 3 N–H and O–H groups in total. The molecule has 3 amide bonds. The average molecular weight is 432 g/mol. The summed E-state index contributed by atoms with van der Waals surface area (Å²) in [4.78, 5) is 38.5. The van der Waals surface area contributed by atoms with Gasteiger partial charge in [0.05, 0.1) is 0 Å². The van der Waals surface area contributed by atoms with E-state index in [1.165, 1.54) is 6.07 Å². The Balaban J connectivity index is 3.09. The van der Waals surface area contributed by atoms with Gasteiger partial charge in [0.25, 0.3) is 5.91 Å². The highest BCUT2D eigenvalue weighted by molar-refractivity contribution is 5.92. The minimum Gasteiger partial charge on any atom is -0.507 e. The summed E-state index contributed by atoms with van der Waals surface area (Å²) in [6.45, 7) is 8.77. The Morgan fingerprint density at radius 2 is 1.90 bits per heavy atom. The fourth-order valence-electron chi connectivity index (χ4n) is 2.82. The van der Waals surface area contributed by atoms with E-state index < -0.39 is 36.1 Å². The second-order valence-corrected chi connectivity index (χ2v) is 8.16. The Morgan fingerprint density at radius 1 is 1.23 bits per heavy atom. The summed E-state index contributed by atoms with van der Waals surface area (Å²) < 4.78 is 5.11. The minimum atomic E-state index is -1.25. The van der Waals surface area contributed by atoms with Crippen molar-refractivity contribution >= 4 is 17.9 Å². The first-order valence-corrected chi connectivity index (χ1v) is 10.3. The second kappa shape index (κ2) is 11.8. The predicted molar refractivity (Wildman–Crippen MR) is 118 cm³/mol. The first kappa shape index (κ1) is 25.8. The van der Waals surface area contributed by atoms with E-state index in [0.717, 1.165) is 24.2 Å². The number of benzene rings is 1. The summed E-state index contributed by atoms with van der Waals surface area (Å²) in [7, 11) is 0. The summed E-state index contributed by atoms with van der Waals surface area (Å²) in [6.07, 6.45) is 7.50. The zero-order valence-corrected chi connectivity index (χ0v) is 18.9. The van der Waals surface area contributed by atoms with E-state index >= 15 is 0 Å². The number of hydrogen-bond donors (Lipinski definition) is 3. The molecule has 1 aromatic carbocycles. The van der Waals surface area contributed by atoms with Crippen molar-refractivity contribution in [1.29, 1.82) is 0 Å². The van der Waals surface area contributed by atoms with Crippen LogP contribution < -0.4 is 10.6 Å². The van der Waals surface area contributed by atoms with Gasteiger partial charge in [0.1, 0.15) is 17.9 Å². The largest absolute Gasteiger partial charge is 0.507 e. The molecule has 0 heterocycles. The van der Waals surface area contributed by atoms with Crippen molar-refractivity contribution in [3.8, 4) is 18.2 Å². The van der Waals surface area contributed by atoms with Crippen LogP contribution in [0.15, 0.2) is 18.2 Å². The quantitative estimate of drug-likeness (QED) is 0.316. The van der Waals surface area contributed by atoms with Gasteiger partial charge in [-0.1, -0.05) is 44.4 Å². The molecule has 0 aromatic heterocycles. The molecule has 0 fully saturated rings. The normalized spacial score (nSPS) is 11.7. The Morgan fingerprint density at radius 3 is 2.48 bits per heavy atom. The van der Waals surface area contributed by atoms with Crippen molar-refractivity contribution in [2.45, 2.75) is 65.5 Å². The summed E-state index contributed by atoms with van der Waals surface area (Å²) in [6, 6.07) is 5.86. The van der Waals surface area contributed by atoms with E-state index in [9.17, 15) is 19.5 Å². The maximum Gasteiger partial charge on any atom is 0.408 e. The number of ether oxygens (including phenoxy) is 1. The number of phenolic OH excluding ortho intramolecular Hbond substituents is 1. The first-order valence-electron chi connectivity index (χ1n) is 10.3. The molecule has 1 aromatic rings. The van der Waals surface area contributed by atoms with Gasteiger partial charge in [0, 0.05) is 18.2 Å². The molecule has 0 bridgehead atoms. The molecule has 0 saturated carbocycles.